The van der Waals surface area contributed by atoms with Gasteiger partial charge in [-0.05, 0) is 31.0 Å². The molecule has 0 saturated heterocycles. The van der Waals surface area contributed by atoms with Crippen LogP contribution < -0.4 is 5.56 Å². The molecule has 0 amide bonds. The van der Waals surface area contributed by atoms with Crippen LogP contribution in [0.4, 0.5) is 4.39 Å². The topological polar surface area (TPSA) is 45.8 Å². The Morgan fingerprint density at radius 2 is 2.11 bits per heavy atom. The monoisotopic (exact) mass is 264 g/mol. The first-order valence-electron chi connectivity index (χ1n) is 5.70. The molecule has 1 heterocycles. The number of benzene rings is 1. The molecule has 3 nitrogen and oxygen atoms in total. The molecule has 0 radical (unpaired) electrons. The Kier molecular flexibility index (Phi) is 2.67. The van der Waals surface area contributed by atoms with E-state index in [0.29, 0.717) is 28.0 Å². The number of hydrogen-bond donors (Lipinski definition) is 1. The maximum atomic E-state index is 13.2. The molecule has 92 valence electrons. The maximum Gasteiger partial charge on any atom is 0.251 e. The summed E-state index contributed by atoms with van der Waals surface area (Å²) in [4.78, 5) is 18.7. The molecule has 1 aromatic carbocycles. The molecule has 1 N–H and O–H groups in total. The second-order valence-electron chi connectivity index (χ2n) is 4.41. The number of halogens is 2. The molecular weight excluding hydrogens is 255 g/mol. The standard InChI is InChI=1S/C13H10ClFN2O/c14-10-4-3-8(15)5-9(10)11-6-12(18)17-13(16-11)7-1-2-7/h3-7H,1-2H2,(H,16,17,18). The number of nitrogens with zero attached hydrogens (tertiary/aromatic N) is 1. The zero-order chi connectivity index (χ0) is 12.7. The average molecular weight is 265 g/mol. The molecule has 1 fully saturated rings. The lowest BCUT2D eigenvalue weighted by atomic mass is 10.1. The molecule has 0 atom stereocenters. The van der Waals surface area contributed by atoms with Crippen LogP contribution in [0.5, 0.6) is 0 Å². The molecule has 0 unspecified atom stereocenters. The first kappa shape index (κ1) is 11.4. The Morgan fingerprint density at radius 1 is 1.33 bits per heavy atom. The van der Waals surface area contributed by atoms with E-state index >= 15 is 0 Å². The van der Waals surface area contributed by atoms with E-state index in [0.717, 1.165) is 12.8 Å². The molecule has 2 aromatic rings. The second kappa shape index (κ2) is 4.21. The van der Waals surface area contributed by atoms with Crippen LogP contribution in [0.2, 0.25) is 5.02 Å². The van der Waals surface area contributed by atoms with Crippen molar-refractivity contribution in [3.05, 3.63) is 51.3 Å². The van der Waals surface area contributed by atoms with E-state index in [2.05, 4.69) is 9.97 Å². The van der Waals surface area contributed by atoms with Gasteiger partial charge in [-0.15, -0.1) is 0 Å². The van der Waals surface area contributed by atoms with Gasteiger partial charge in [-0.3, -0.25) is 4.79 Å². The van der Waals surface area contributed by atoms with Crippen molar-refractivity contribution in [3.63, 3.8) is 0 Å². The number of rotatable bonds is 2. The number of aromatic amines is 1. The maximum absolute atomic E-state index is 13.2. The van der Waals surface area contributed by atoms with E-state index in [1.54, 1.807) is 0 Å². The summed E-state index contributed by atoms with van der Waals surface area (Å²) in [5, 5.41) is 0.385. The van der Waals surface area contributed by atoms with Crippen LogP contribution in [0.25, 0.3) is 11.3 Å². The van der Waals surface area contributed by atoms with Crippen molar-refractivity contribution in [2.45, 2.75) is 18.8 Å². The largest absolute Gasteiger partial charge is 0.310 e. The van der Waals surface area contributed by atoms with Gasteiger partial charge in [0, 0.05) is 17.5 Å². The van der Waals surface area contributed by atoms with E-state index in [1.807, 2.05) is 0 Å². The lowest BCUT2D eigenvalue weighted by Gasteiger charge is -2.05. The first-order valence-corrected chi connectivity index (χ1v) is 6.08. The molecule has 3 rings (SSSR count). The van der Waals surface area contributed by atoms with Crippen molar-refractivity contribution in [2.75, 3.05) is 0 Å². The van der Waals surface area contributed by atoms with Crippen LogP contribution in [0.1, 0.15) is 24.6 Å². The summed E-state index contributed by atoms with van der Waals surface area (Å²) in [6.45, 7) is 0. The molecule has 1 aromatic heterocycles. The Labute approximate surface area is 108 Å². The molecule has 0 spiro atoms. The predicted molar refractivity (Wildman–Crippen MR) is 67.2 cm³/mol. The second-order valence-corrected chi connectivity index (χ2v) is 4.82. The number of H-pyrrole nitrogens is 1. The van der Waals surface area contributed by atoms with Crippen molar-refractivity contribution in [2.24, 2.45) is 0 Å². The summed E-state index contributed by atoms with van der Waals surface area (Å²) < 4.78 is 13.2. The summed E-state index contributed by atoms with van der Waals surface area (Å²) in [6, 6.07) is 5.38. The minimum absolute atomic E-state index is 0.234. The fourth-order valence-electron chi connectivity index (χ4n) is 1.86. The van der Waals surface area contributed by atoms with Gasteiger partial charge >= 0.3 is 0 Å². The third kappa shape index (κ3) is 2.16. The average Bonchev–Trinajstić information content (AvgIpc) is 3.15. The van der Waals surface area contributed by atoms with E-state index in [-0.39, 0.29) is 5.56 Å². The summed E-state index contributed by atoms with van der Waals surface area (Å²) in [5.41, 5.74) is 0.636. The van der Waals surface area contributed by atoms with Crippen LogP contribution in [0.3, 0.4) is 0 Å². The minimum Gasteiger partial charge on any atom is -0.310 e. The van der Waals surface area contributed by atoms with E-state index < -0.39 is 5.82 Å². The van der Waals surface area contributed by atoms with Crippen LogP contribution >= 0.6 is 11.6 Å². The summed E-state index contributed by atoms with van der Waals surface area (Å²) in [5.74, 6) is 0.590. The molecule has 1 aliphatic rings. The van der Waals surface area contributed by atoms with Crippen LogP contribution in [-0.2, 0) is 0 Å². The molecule has 0 aliphatic heterocycles. The van der Waals surface area contributed by atoms with E-state index in [9.17, 15) is 9.18 Å². The van der Waals surface area contributed by atoms with Crippen molar-refractivity contribution in [1.82, 2.24) is 9.97 Å². The third-order valence-electron chi connectivity index (χ3n) is 2.93. The molecule has 18 heavy (non-hydrogen) atoms. The lowest BCUT2D eigenvalue weighted by Crippen LogP contribution is -2.10. The Hall–Kier alpha value is -1.68. The van der Waals surface area contributed by atoms with Gasteiger partial charge in [0.1, 0.15) is 11.6 Å². The Balaban J connectivity index is 2.15. The molecule has 0 bridgehead atoms. The SMILES string of the molecule is O=c1cc(-c2cc(F)ccc2Cl)nc(C2CC2)[nH]1. The Morgan fingerprint density at radius 3 is 2.83 bits per heavy atom. The quantitative estimate of drug-likeness (QED) is 0.906. The van der Waals surface area contributed by atoms with Crippen LogP contribution in [0.15, 0.2) is 29.1 Å². The third-order valence-corrected chi connectivity index (χ3v) is 3.26. The van der Waals surface area contributed by atoms with Crippen LogP contribution in [-0.4, -0.2) is 9.97 Å². The van der Waals surface area contributed by atoms with Crippen molar-refractivity contribution in [1.29, 1.82) is 0 Å². The van der Waals surface area contributed by atoms with Crippen molar-refractivity contribution in [3.8, 4) is 11.3 Å². The number of hydrogen-bond acceptors (Lipinski definition) is 2. The lowest BCUT2D eigenvalue weighted by molar-refractivity contribution is 0.628. The molecule has 1 saturated carbocycles. The fourth-order valence-corrected chi connectivity index (χ4v) is 2.07. The Bertz CT molecular complexity index is 664. The van der Waals surface area contributed by atoms with Crippen LogP contribution in [0, 0.1) is 5.82 Å². The number of nitrogens with one attached hydrogen (secondary N) is 1. The van der Waals surface area contributed by atoms with Gasteiger partial charge in [-0.2, -0.15) is 0 Å². The zero-order valence-corrected chi connectivity index (χ0v) is 10.2. The highest BCUT2D eigenvalue weighted by molar-refractivity contribution is 6.33. The fraction of sp³-hybridized carbons (Fsp3) is 0.231. The first-order chi connectivity index (χ1) is 8.63. The summed E-state index contributed by atoms with van der Waals surface area (Å²) in [7, 11) is 0. The van der Waals surface area contributed by atoms with Gasteiger partial charge in [0.15, 0.2) is 0 Å². The van der Waals surface area contributed by atoms with Gasteiger partial charge in [0.2, 0.25) is 0 Å². The van der Waals surface area contributed by atoms with Crippen molar-refractivity contribution < 1.29 is 4.39 Å². The normalized spacial score (nSPS) is 14.8. The van der Waals surface area contributed by atoms with Crippen molar-refractivity contribution >= 4 is 11.6 Å². The van der Waals surface area contributed by atoms with Gasteiger partial charge in [-0.1, -0.05) is 11.6 Å². The molecule has 5 heteroatoms. The van der Waals surface area contributed by atoms with Gasteiger partial charge in [-0.25, -0.2) is 9.37 Å². The summed E-state index contributed by atoms with van der Waals surface area (Å²) in [6.07, 6.45) is 2.06. The van der Waals surface area contributed by atoms with Gasteiger partial charge in [0.05, 0.1) is 10.7 Å². The van der Waals surface area contributed by atoms with Gasteiger partial charge < -0.3 is 4.98 Å². The highest BCUT2D eigenvalue weighted by Gasteiger charge is 2.26. The number of aromatic nitrogens is 2. The zero-order valence-electron chi connectivity index (χ0n) is 9.41. The minimum atomic E-state index is -0.399. The molecular formula is C13H10ClFN2O. The summed E-state index contributed by atoms with van der Waals surface area (Å²) >= 11 is 6.01. The van der Waals surface area contributed by atoms with E-state index in [4.69, 9.17) is 11.6 Å². The van der Waals surface area contributed by atoms with E-state index in [1.165, 1.54) is 24.3 Å². The predicted octanol–water partition coefficient (Wildman–Crippen LogP) is 3.11. The molecule has 1 aliphatic carbocycles. The highest BCUT2D eigenvalue weighted by atomic mass is 35.5. The smallest absolute Gasteiger partial charge is 0.251 e. The van der Waals surface area contributed by atoms with Gasteiger partial charge in [0.25, 0.3) is 5.56 Å². The highest BCUT2D eigenvalue weighted by Crippen LogP contribution is 2.38.